The zero-order valence-electron chi connectivity index (χ0n) is 27.9. The second-order valence-electron chi connectivity index (χ2n) is 16.2. The molecule has 10 atom stereocenters. The number of amides is 1. The summed E-state index contributed by atoms with van der Waals surface area (Å²) < 4.78 is 11.0. The maximum Gasteiger partial charge on any atom is 0.325 e. The van der Waals surface area contributed by atoms with Crippen LogP contribution >= 0.6 is 0 Å². The highest BCUT2D eigenvalue weighted by Gasteiger charge is 2.69. The van der Waals surface area contributed by atoms with Gasteiger partial charge in [0.1, 0.15) is 12.6 Å². The first-order valence-electron chi connectivity index (χ1n) is 16.9. The van der Waals surface area contributed by atoms with E-state index in [1.165, 1.54) is 12.0 Å². The third-order valence-corrected chi connectivity index (χ3v) is 14.4. The van der Waals surface area contributed by atoms with Crippen LogP contribution in [0.4, 0.5) is 0 Å². The molecule has 0 radical (unpaired) electrons. The molecular formula is C36H57NO5. The Balaban J connectivity index is 1.51. The molecule has 42 heavy (non-hydrogen) atoms. The second-order valence-corrected chi connectivity index (χ2v) is 16.2. The average molecular weight is 584 g/mol. The van der Waals surface area contributed by atoms with Gasteiger partial charge in [0.15, 0.2) is 0 Å². The van der Waals surface area contributed by atoms with Crippen molar-refractivity contribution in [3.63, 3.8) is 0 Å². The molecule has 6 nitrogen and oxygen atoms in total. The second kappa shape index (κ2) is 10.6. The molecule has 4 saturated carbocycles. The van der Waals surface area contributed by atoms with Crippen LogP contribution in [-0.4, -0.2) is 37.1 Å². The summed E-state index contributed by atoms with van der Waals surface area (Å²) in [4.78, 5) is 38.2. The Kier molecular flexibility index (Phi) is 8.00. The normalized spacial score (nSPS) is 45.6. The molecule has 0 aromatic heterocycles. The molecule has 5 aliphatic carbocycles. The van der Waals surface area contributed by atoms with Crippen LogP contribution in [-0.2, 0) is 23.9 Å². The quantitative estimate of drug-likeness (QED) is 0.272. The fourth-order valence-electron chi connectivity index (χ4n) is 11.8. The van der Waals surface area contributed by atoms with Crippen LogP contribution in [0.25, 0.3) is 0 Å². The predicted octanol–water partition coefficient (Wildman–Crippen LogP) is 7.26. The van der Waals surface area contributed by atoms with Crippen LogP contribution in [0.5, 0.6) is 0 Å². The number of hydrogen-bond donors (Lipinski definition) is 1. The van der Waals surface area contributed by atoms with Gasteiger partial charge in [0.05, 0.1) is 12.0 Å². The van der Waals surface area contributed by atoms with E-state index in [0.717, 1.165) is 51.4 Å². The smallest absolute Gasteiger partial charge is 0.325 e. The van der Waals surface area contributed by atoms with E-state index in [9.17, 15) is 14.4 Å². The minimum Gasteiger partial charge on any atom is -0.465 e. The van der Waals surface area contributed by atoms with Gasteiger partial charge in [-0.25, -0.2) is 0 Å². The standard InChI is InChI=1S/C36H57NO5/c1-10-41-29(39)21-37-31(40)36-18-13-22(2)23(3)30(36)25-11-12-27-33(7)16-15-28(42-24(4)38)32(5,6)26(33)14-17-35(27,9)34(25,8)19-20-36/h11,22-23,26-28,30H,10,12-21H2,1-9H3,(H,37,40)/t22-,23+,26+,27-,28+,30+,33+,34-,35-,36+/m1/s1. The van der Waals surface area contributed by atoms with E-state index in [2.05, 4.69) is 59.9 Å². The molecule has 0 bridgehead atoms. The van der Waals surface area contributed by atoms with E-state index in [-0.39, 0.29) is 58.1 Å². The van der Waals surface area contributed by atoms with E-state index < -0.39 is 5.41 Å². The number of allylic oxidation sites excluding steroid dienone is 2. The van der Waals surface area contributed by atoms with Crippen LogP contribution in [0, 0.1) is 56.7 Å². The minimum atomic E-state index is -0.460. The van der Waals surface area contributed by atoms with Crippen molar-refractivity contribution in [3.05, 3.63) is 11.6 Å². The van der Waals surface area contributed by atoms with E-state index >= 15 is 0 Å². The topological polar surface area (TPSA) is 81.7 Å². The zero-order chi connectivity index (χ0) is 30.9. The van der Waals surface area contributed by atoms with E-state index in [1.807, 2.05) is 0 Å². The van der Waals surface area contributed by atoms with Crippen LogP contribution in [0.1, 0.15) is 120 Å². The molecule has 0 aromatic carbocycles. The summed E-state index contributed by atoms with van der Waals surface area (Å²) in [6.07, 6.45) is 11.8. The number of nitrogens with one attached hydrogen (secondary N) is 1. The van der Waals surface area contributed by atoms with Crippen LogP contribution < -0.4 is 5.32 Å². The van der Waals surface area contributed by atoms with E-state index in [0.29, 0.717) is 30.3 Å². The fraction of sp³-hybridized carbons (Fsp3) is 0.861. The molecule has 1 amide bonds. The highest BCUT2D eigenvalue weighted by atomic mass is 16.5. The average Bonchev–Trinajstić information content (AvgIpc) is 2.91. The Morgan fingerprint density at radius 3 is 2.31 bits per heavy atom. The predicted molar refractivity (Wildman–Crippen MR) is 164 cm³/mol. The first-order chi connectivity index (χ1) is 19.6. The van der Waals surface area contributed by atoms with Gasteiger partial charge in [-0.2, -0.15) is 0 Å². The van der Waals surface area contributed by atoms with E-state index in [1.54, 1.807) is 13.8 Å². The van der Waals surface area contributed by atoms with Crippen molar-refractivity contribution < 1.29 is 23.9 Å². The molecule has 0 unspecified atom stereocenters. The SMILES string of the molecule is CCOC(=O)CNC(=O)[C@]12CC[C@@H](C)[C@H](C)[C@H]1C1=CC[C@@H]3[C@@]4(C)CC[C@H](OC(C)=O)C(C)(C)[C@@H]4CC[C@@]3(C)[C@]1(C)CC2. The van der Waals surface area contributed by atoms with Gasteiger partial charge in [0.25, 0.3) is 0 Å². The summed E-state index contributed by atoms with van der Waals surface area (Å²) in [5, 5.41) is 3.03. The van der Waals surface area contributed by atoms with Crippen molar-refractivity contribution in [2.75, 3.05) is 13.2 Å². The van der Waals surface area contributed by atoms with Gasteiger partial charge in [-0.15, -0.1) is 0 Å². The lowest BCUT2D eigenvalue weighted by molar-refractivity contribution is -0.212. The first-order valence-corrected chi connectivity index (χ1v) is 16.9. The fourth-order valence-corrected chi connectivity index (χ4v) is 11.8. The molecule has 0 heterocycles. The highest BCUT2D eigenvalue weighted by Crippen LogP contribution is 2.75. The Morgan fingerprint density at radius 1 is 0.929 bits per heavy atom. The van der Waals surface area contributed by atoms with Gasteiger partial charge in [0, 0.05) is 12.3 Å². The monoisotopic (exact) mass is 583 g/mol. The summed E-state index contributed by atoms with van der Waals surface area (Å²) in [7, 11) is 0. The number of rotatable bonds is 5. The first kappa shape index (κ1) is 31.6. The Morgan fingerprint density at radius 2 is 1.64 bits per heavy atom. The zero-order valence-corrected chi connectivity index (χ0v) is 27.9. The molecule has 6 heteroatoms. The van der Waals surface area contributed by atoms with E-state index in [4.69, 9.17) is 9.47 Å². The molecule has 236 valence electrons. The molecule has 0 spiro atoms. The van der Waals surface area contributed by atoms with Crippen molar-refractivity contribution in [2.24, 2.45) is 56.7 Å². The van der Waals surface area contributed by atoms with Gasteiger partial charge in [-0.05, 0) is 111 Å². The molecule has 0 saturated heterocycles. The number of carbonyl (C=O) groups is 3. The summed E-state index contributed by atoms with van der Waals surface area (Å²) >= 11 is 0. The maximum absolute atomic E-state index is 14.1. The molecule has 0 aromatic rings. The minimum absolute atomic E-state index is 0.0179. The molecule has 1 N–H and O–H groups in total. The van der Waals surface area contributed by atoms with Gasteiger partial charge in [-0.1, -0.05) is 60.1 Å². The number of ether oxygens (including phenoxy) is 2. The highest BCUT2D eigenvalue weighted by molar-refractivity contribution is 5.87. The van der Waals surface area contributed by atoms with Crippen LogP contribution in [0.2, 0.25) is 0 Å². The van der Waals surface area contributed by atoms with Crippen molar-refractivity contribution in [1.82, 2.24) is 5.32 Å². The number of hydrogen-bond acceptors (Lipinski definition) is 5. The number of fused-ring (bicyclic) bond motifs is 7. The van der Waals surface area contributed by atoms with Crippen molar-refractivity contribution in [1.29, 1.82) is 0 Å². The van der Waals surface area contributed by atoms with Crippen molar-refractivity contribution >= 4 is 17.8 Å². The third kappa shape index (κ3) is 4.42. The summed E-state index contributed by atoms with van der Waals surface area (Å²) in [6.45, 7) is 20.7. The van der Waals surface area contributed by atoms with Gasteiger partial charge < -0.3 is 14.8 Å². The Labute approximate surface area is 254 Å². The van der Waals surface area contributed by atoms with Crippen LogP contribution in [0.15, 0.2) is 11.6 Å². The molecule has 5 rings (SSSR count). The third-order valence-electron chi connectivity index (χ3n) is 14.4. The summed E-state index contributed by atoms with van der Waals surface area (Å²) in [5.41, 5.74) is 1.36. The van der Waals surface area contributed by atoms with Gasteiger partial charge >= 0.3 is 11.9 Å². The number of esters is 2. The largest absolute Gasteiger partial charge is 0.465 e. The molecular weight excluding hydrogens is 526 g/mol. The lowest BCUT2D eigenvalue weighted by atomic mass is 9.33. The van der Waals surface area contributed by atoms with Crippen LogP contribution in [0.3, 0.4) is 0 Å². The summed E-state index contributed by atoms with van der Waals surface area (Å²) in [5.74, 6) is 1.74. The van der Waals surface area contributed by atoms with Crippen molar-refractivity contribution in [2.45, 2.75) is 126 Å². The summed E-state index contributed by atoms with van der Waals surface area (Å²) in [6, 6.07) is 0. The molecule has 0 aliphatic heterocycles. The van der Waals surface area contributed by atoms with Gasteiger partial charge in [-0.3, -0.25) is 14.4 Å². The van der Waals surface area contributed by atoms with Crippen molar-refractivity contribution in [3.8, 4) is 0 Å². The van der Waals surface area contributed by atoms with Gasteiger partial charge in [0.2, 0.25) is 5.91 Å². The maximum atomic E-state index is 14.1. The lowest BCUT2D eigenvalue weighted by Crippen LogP contribution is -2.66. The molecule has 4 fully saturated rings. The molecule has 5 aliphatic rings. The number of carbonyl (C=O) groups excluding carboxylic acids is 3. The Hall–Kier alpha value is -1.85. The Bertz CT molecular complexity index is 1140. The lowest BCUT2D eigenvalue weighted by Gasteiger charge is -2.71.